The van der Waals surface area contributed by atoms with Gasteiger partial charge < -0.3 is 4.74 Å². The number of fused-ring (bicyclic) bond motifs is 1. The fraction of sp³-hybridized carbons (Fsp3) is 0.300. The number of benzene rings is 1. The Morgan fingerprint density at radius 1 is 1.31 bits per heavy atom. The molecular weight excluding hydrogens is 230 g/mol. The molecule has 0 atom stereocenters. The lowest BCUT2D eigenvalue weighted by Gasteiger charge is -2.15. The van der Waals surface area contributed by atoms with Gasteiger partial charge >= 0.3 is 0 Å². The SMILES string of the molecule is O=C=N[SH](=O)=O.c1ccc2c(c1)CCCO2. The Balaban J connectivity index is 0.000000187. The van der Waals surface area contributed by atoms with Crippen LogP contribution in [0.4, 0.5) is 0 Å². The van der Waals surface area contributed by atoms with Gasteiger partial charge in [-0.2, -0.15) is 0 Å². The van der Waals surface area contributed by atoms with E-state index in [2.05, 4.69) is 16.5 Å². The van der Waals surface area contributed by atoms with Gasteiger partial charge in [-0.3, -0.25) is 0 Å². The number of isocyanates is 1. The molecule has 0 radical (unpaired) electrons. The molecule has 0 bridgehead atoms. The third kappa shape index (κ3) is 4.25. The highest BCUT2D eigenvalue weighted by molar-refractivity contribution is 7.71. The Kier molecular flexibility index (Phi) is 5.25. The van der Waals surface area contributed by atoms with Gasteiger partial charge in [-0.25, -0.2) is 13.2 Å². The van der Waals surface area contributed by atoms with Gasteiger partial charge in [-0.15, -0.1) is 0 Å². The van der Waals surface area contributed by atoms with E-state index < -0.39 is 10.9 Å². The molecule has 6 heteroatoms. The number of nitrogens with zero attached hydrogens (tertiary/aromatic N) is 1. The summed E-state index contributed by atoms with van der Waals surface area (Å²) < 4.78 is 26.1. The summed E-state index contributed by atoms with van der Waals surface area (Å²) in [7, 11) is -2.90. The Morgan fingerprint density at radius 2 is 2.06 bits per heavy atom. The second-order valence-electron chi connectivity index (χ2n) is 2.99. The standard InChI is InChI=1S/C9H10O.CHNO3S/c1-2-6-9-8(4-1)5-3-7-10-9;3-1-2-6(4)5/h1-2,4,6H,3,5,7H2;6H. The molecule has 1 aromatic carbocycles. The second kappa shape index (κ2) is 6.76. The van der Waals surface area contributed by atoms with Crippen LogP contribution in [0.5, 0.6) is 5.75 Å². The fourth-order valence-electron chi connectivity index (χ4n) is 1.33. The Morgan fingerprint density at radius 3 is 2.62 bits per heavy atom. The number of aryl methyl sites for hydroxylation is 1. The summed E-state index contributed by atoms with van der Waals surface area (Å²) >= 11 is 0. The third-order valence-electron chi connectivity index (χ3n) is 1.94. The zero-order valence-electron chi connectivity index (χ0n) is 8.46. The monoisotopic (exact) mass is 241 g/mol. The number of ether oxygens (including phenoxy) is 1. The highest BCUT2D eigenvalue weighted by Gasteiger charge is 2.06. The maximum Gasteiger partial charge on any atom is 0.253 e. The van der Waals surface area contributed by atoms with Crippen LogP contribution in [0.3, 0.4) is 0 Å². The summed E-state index contributed by atoms with van der Waals surface area (Å²) in [5.41, 5.74) is 1.36. The van der Waals surface area contributed by atoms with Crippen molar-refractivity contribution in [2.75, 3.05) is 6.61 Å². The number of hydrogen-bond donors (Lipinski definition) is 1. The quantitative estimate of drug-likeness (QED) is 0.449. The average Bonchev–Trinajstić information content (AvgIpc) is 2.30. The van der Waals surface area contributed by atoms with Crippen molar-refractivity contribution in [3.63, 3.8) is 0 Å². The van der Waals surface area contributed by atoms with E-state index in [4.69, 9.17) is 9.53 Å². The maximum atomic E-state index is 9.21. The van der Waals surface area contributed by atoms with Crippen molar-refractivity contribution in [2.24, 2.45) is 4.40 Å². The molecular formula is C10H11NO4S. The zero-order chi connectivity index (χ0) is 11.8. The number of carbonyl (C=O) groups excluding carboxylic acids is 1. The zero-order valence-corrected chi connectivity index (χ0v) is 9.35. The van der Waals surface area contributed by atoms with Crippen LogP contribution in [0.15, 0.2) is 28.7 Å². The molecule has 0 saturated carbocycles. The Hall–Kier alpha value is -1.65. The van der Waals surface area contributed by atoms with Gasteiger partial charge in [0.2, 0.25) is 0 Å². The lowest BCUT2D eigenvalue weighted by atomic mass is 10.1. The number of hydrogen-bond acceptors (Lipinski definition) is 4. The first-order chi connectivity index (χ1) is 7.74. The number of para-hydroxylation sites is 1. The topological polar surface area (TPSA) is 72.8 Å². The van der Waals surface area contributed by atoms with Crippen molar-refractivity contribution < 1.29 is 17.9 Å². The molecule has 0 amide bonds. The number of thiol groups is 1. The number of rotatable bonds is 1. The summed E-state index contributed by atoms with van der Waals surface area (Å²) in [5.74, 6) is 1.08. The van der Waals surface area contributed by atoms with E-state index in [0.717, 1.165) is 24.9 Å². The Labute approximate surface area is 94.9 Å². The van der Waals surface area contributed by atoms with Gasteiger partial charge in [0.1, 0.15) is 5.75 Å². The molecule has 0 saturated heterocycles. The van der Waals surface area contributed by atoms with E-state index >= 15 is 0 Å². The summed E-state index contributed by atoms with van der Waals surface area (Å²) in [6.45, 7) is 0.886. The van der Waals surface area contributed by atoms with Crippen LogP contribution in [0, 0.1) is 0 Å². The van der Waals surface area contributed by atoms with Crippen LogP contribution in [0.1, 0.15) is 12.0 Å². The van der Waals surface area contributed by atoms with Crippen LogP contribution in [0.2, 0.25) is 0 Å². The fourth-order valence-corrected chi connectivity index (χ4v) is 1.40. The van der Waals surface area contributed by atoms with E-state index in [0.29, 0.717) is 0 Å². The van der Waals surface area contributed by atoms with Gasteiger partial charge in [0.15, 0.2) is 0 Å². The molecule has 5 nitrogen and oxygen atoms in total. The summed E-state index contributed by atoms with van der Waals surface area (Å²) in [6, 6.07) is 8.25. The summed E-state index contributed by atoms with van der Waals surface area (Å²) in [5, 5.41) is 0. The first-order valence-corrected chi connectivity index (χ1v) is 5.80. The highest BCUT2D eigenvalue weighted by atomic mass is 32.2. The molecule has 1 aliphatic rings. The van der Waals surface area contributed by atoms with Crippen LogP contribution in [0.25, 0.3) is 0 Å². The minimum Gasteiger partial charge on any atom is -0.493 e. The van der Waals surface area contributed by atoms with Crippen molar-refractivity contribution in [2.45, 2.75) is 12.8 Å². The molecule has 0 spiro atoms. The highest BCUT2D eigenvalue weighted by Crippen LogP contribution is 2.22. The van der Waals surface area contributed by atoms with Crippen LogP contribution in [-0.4, -0.2) is 21.1 Å². The van der Waals surface area contributed by atoms with Gasteiger partial charge in [0, 0.05) is 0 Å². The normalized spacial score (nSPS) is 12.6. The molecule has 1 aliphatic heterocycles. The minimum absolute atomic E-state index is 0.846. The molecule has 0 aromatic heterocycles. The maximum absolute atomic E-state index is 9.21. The lowest BCUT2D eigenvalue weighted by Crippen LogP contribution is -2.07. The molecule has 0 fully saturated rings. The first kappa shape index (κ1) is 12.4. The molecule has 0 aliphatic carbocycles. The predicted octanol–water partition coefficient (Wildman–Crippen LogP) is 0.860. The van der Waals surface area contributed by atoms with Gasteiger partial charge in [0.25, 0.3) is 17.0 Å². The van der Waals surface area contributed by atoms with E-state index in [1.54, 1.807) is 0 Å². The molecule has 1 aromatic rings. The molecule has 1 heterocycles. The van der Waals surface area contributed by atoms with E-state index in [1.165, 1.54) is 12.0 Å². The summed E-state index contributed by atoms with van der Waals surface area (Å²) in [6.07, 6.45) is 3.19. The lowest BCUT2D eigenvalue weighted by molar-refractivity contribution is 0.288. The first-order valence-electron chi connectivity index (χ1n) is 4.67. The van der Waals surface area contributed by atoms with E-state index in [-0.39, 0.29) is 0 Å². The van der Waals surface area contributed by atoms with Gasteiger partial charge in [0.05, 0.1) is 6.61 Å². The molecule has 0 unspecified atom stereocenters. The third-order valence-corrected chi connectivity index (χ3v) is 2.19. The van der Waals surface area contributed by atoms with E-state index in [1.807, 2.05) is 12.1 Å². The van der Waals surface area contributed by atoms with Crippen molar-refractivity contribution in [3.05, 3.63) is 29.8 Å². The van der Waals surface area contributed by atoms with Crippen LogP contribution in [-0.2, 0) is 22.1 Å². The van der Waals surface area contributed by atoms with Crippen LogP contribution >= 0.6 is 0 Å². The van der Waals surface area contributed by atoms with E-state index in [9.17, 15) is 8.42 Å². The molecule has 86 valence electrons. The predicted molar refractivity (Wildman–Crippen MR) is 58.7 cm³/mol. The molecule has 16 heavy (non-hydrogen) atoms. The van der Waals surface area contributed by atoms with Crippen molar-refractivity contribution in [1.82, 2.24) is 0 Å². The average molecular weight is 241 g/mol. The van der Waals surface area contributed by atoms with Crippen LogP contribution < -0.4 is 4.74 Å². The van der Waals surface area contributed by atoms with Crippen molar-refractivity contribution >= 4 is 17.0 Å². The smallest absolute Gasteiger partial charge is 0.253 e. The molecule has 0 N–H and O–H groups in total. The largest absolute Gasteiger partial charge is 0.493 e. The minimum atomic E-state index is -2.90. The molecule has 2 rings (SSSR count). The second-order valence-corrected chi connectivity index (χ2v) is 3.66. The Bertz CT molecular complexity index is 431. The van der Waals surface area contributed by atoms with Crippen molar-refractivity contribution in [1.29, 1.82) is 0 Å². The van der Waals surface area contributed by atoms with Crippen molar-refractivity contribution in [3.8, 4) is 5.75 Å². The summed E-state index contributed by atoms with van der Waals surface area (Å²) in [4.78, 5) is 8.94. The van der Waals surface area contributed by atoms with Gasteiger partial charge in [-0.05, 0) is 24.5 Å². The van der Waals surface area contributed by atoms with Gasteiger partial charge in [-0.1, -0.05) is 22.6 Å².